The first kappa shape index (κ1) is 20.7. The first-order valence-corrected chi connectivity index (χ1v) is 10.7. The quantitative estimate of drug-likeness (QED) is 0.396. The summed E-state index contributed by atoms with van der Waals surface area (Å²) in [7, 11) is 0. The van der Waals surface area contributed by atoms with E-state index in [2.05, 4.69) is 48.7 Å². The molecule has 4 heteroatoms. The Morgan fingerprint density at radius 2 is 1.61 bits per heavy atom. The fraction of sp³-hybridized carbons (Fsp3) is 0.222. The third kappa shape index (κ3) is 4.33. The Hall–Kier alpha value is -3.53. The molecule has 0 heterocycles. The van der Waals surface area contributed by atoms with Crippen LogP contribution in [0.3, 0.4) is 0 Å². The van der Waals surface area contributed by atoms with E-state index in [-0.39, 0.29) is 12.0 Å². The van der Waals surface area contributed by atoms with E-state index < -0.39 is 0 Å². The molecule has 0 fully saturated rings. The van der Waals surface area contributed by atoms with Crippen LogP contribution in [0.5, 0.6) is 0 Å². The molecular weight excluding hydrogens is 384 g/mol. The van der Waals surface area contributed by atoms with E-state index >= 15 is 0 Å². The highest BCUT2D eigenvalue weighted by Gasteiger charge is 2.28. The predicted octanol–water partition coefficient (Wildman–Crippen LogP) is 5.83. The molecule has 0 radical (unpaired) electrons. The zero-order valence-electron chi connectivity index (χ0n) is 18.0. The molecule has 0 atom stereocenters. The molecule has 4 nitrogen and oxygen atoms in total. The predicted molar refractivity (Wildman–Crippen MR) is 127 cm³/mol. The van der Waals surface area contributed by atoms with Crippen molar-refractivity contribution in [2.45, 2.75) is 26.2 Å². The van der Waals surface area contributed by atoms with E-state index in [0.29, 0.717) is 13.2 Å². The molecule has 4 rings (SSSR count). The summed E-state index contributed by atoms with van der Waals surface area (Å²) in [6.45, 7) is 4.96. The Bertz CT molecular complexity index is 1090. The van der Waals surface area contributed by atoms with Crippen molar-refractivity contribution in [1.29, 1.82) is 0 Å². The van der Waals surface area contributed by atoms with E-state index in [0.717, 1.165) is 23.2 Å². The van der Waals surface area contributed by atoms with Crippen molar-refractivity contribution in [1.82, 2.24) is 5.32 Å². The third-order valence-electron chi connectivity index (χ3n) is 6.09. The van der Waals surface area contributed by atoms with Crippen molar-refractivity contribution >= 4 is 17.9 Å². The minimum absolute atomic E-state index is 0.0785. The number of benzene rings is 3. The lowest BCUT2D eigenvalue weighted by Crippen LogP contribution is -2.26. The van der Waals surface area contributed by atoms with Crippen molar-refractivity contribution < 1.29 is 9.53 Å². The van der Waals surface area contributed by atoms with Gasteiger partial charge in [0, 0.05) is 18.2 Å². The van der Waals surface area contributed by atoms with E-state index in [1.807, 2.05) is 43.3 Å². The summed E-state index contributed by atoms with van der Waals surface area (Å²) >= 11 is 0. The van der Waals surface area contributed by atoms with Crippen LogP contribution in [0.15, 0.2) is 66.7 Å². The Kier molecular flexibility index (Phi) is 6.08. The van der Waals surface area contributed by atoms with Crippen LogP contribution in [-0.2, 0) is 4.74 Å². The number of hydrogen-bond acceptors (Lipinski definition) is 3. The highest BCUT2D eigenvalue weighted by molar-refractivity contribution is 5.79. The van der Waals surface area contributed by atoms with Gasteiger partial charge in [-0.25, -0.2) is 4.79 Å². The smallest absolute Gasteiger partial charge is 0.407 e. The van der Waals surface area contributed by atoms with Gasteiger partial charge in [0.15, 0.2) is 0 Å². The molecule has 0 spiro atoms. The molecule has 31 heavy (non-hydrogen) atoms. The number of amides is 1. The zero-order chi connectivity index (χ0) is 21.8. The minimum Gasteiger partial charge on any atom is -0.449 e. The average Bonchev–Trinajstić information content (AvgIpc) is 3.11. The molecule has 3 aromatic carbocycles. The molecule has 158 valence electrons. The van der Waals surface area contributed by atoms with Gasteiger partial charge in [-0.1, -0.05) is 66.7 Å². The lowest BCUT2D eigenvalue weighted by molar-refractivity contribution is 0.143. The number of ether oxygens (including phenoxy) is 1. The van der Waals surface area contributed by atoms with Crippen LogP contribution in [0, 0.1) is 13.8 Å². The molecule has 3 aromatic rings. The number of carbonyl (C=O) groups excluding carboxylic acids is 1. The first-order valence-electron chi connectivity index (χ1n) is 10.7. The highest BCUT2D eigenvalue weighted by Crippen LogP contribution is 2.44. The maximum absolute atomic E-state index is 12.2. The summed E-state index contributed by atoms with van der Waals surface area (Å²) in [4.78, 5) is 12.2. The average molecular weight is 413 g/mol. The van der Waals surface area contributed by atoms with Crippen LogP contribution in [0.25, 0.3) is 17.2 Å². The Balaban J connectivity index is 1.28. The fourth-order valence-corrected chi connectivity index (χ4v) is 4.16. The monoisotopic (exact) mass is 412 g/mol. The summed E-state index contributed by atoms with van der Waals surface area (Å²) in [6, 6.07) is 20.6. The number of nitrogens with one attached hydrogen (secondary N) is 1. The number of rotatable bonds is 6. The van der Waals surface area contributed by atoms with Gasteiger partial charge in [-0.3, -0.25) is 0 Å². The van der Waals surface area contributed by atoms with Gasteiger partial charge in [-0.2, -0.15) is 0 Å². The molecule has 0 aromatic heterocycles. The summed E-state index contributed by atoms with van der Waals surface area (Å²) < 4.78 is 5.56. The summed E-state index contributed by atoms with van der Waals surface area (Å²) in [5.41, 5.74) is 15.1. The van der Waals surface area contributed by atoms with Gasteiger partial charge in [0.2, 0.25) is 0 Å². The zero-order valence-corrected chi connectivity index (χ0v) is 18.0. The van der Waals surface area contributed by atoms with Crippen LogP contribution in [0.4, 0.5) is 10.5 Å². The second kappa shape index (κ2) is 9.09. The fourth-order valence-electron chi connectivity index (χ4n) is 4.16. The standard InChI is InChI=1S/C27H28N2O2/c1-18-19(2)26(28)15-14-20(18)9-7-8-16-29-27(30)31-17-25-23-12-5-3-10-21(23)22-11-4-6-13-24(22)25/h3-7,9-15,25H,8,16-17,28H2,1-2H3,(H,29,30). The van der Waals surface area contributed by atoms with Gasteiger partial charge < -0.3 is 15.8 Å². The first-order chi connectivity index (χ1) is 15.1. The second-order valence-corrected chi connectivity index (χ2v) is 7.94. The van der Waals surface area contributed by atoms with Gasteiger partial charge in [-0.05, 0) is 65.3 Å². The summed E-state index contributed by atoms with van der Waals surface area (Å²) in [5.74, 6) is 0.0785. The minimum atomic E-state index is -0.380. The Morgan fingerprint density at radius 3 is 2.29 bits per heavy atom. The van der Waals surface area contributed by atoms with Gasteiger partial charge in [0.1, 0.15) is 6.61 Å². The lowest BCUT2D eigenvalue weighted by atomic mass is 9.98. The SMILES string of the molecule is Cc1c(N)ccc(C=CCCNC(=O)OCC2c3ccccc3-c3ccccc32)c1C. The van der Waals surface area contributed by atoms with E-state index in [1.54, 1.807) is 0 Å². The number of nitrogens with two attached hydrogens (primary N) is 1. The van der Waals surface area contributed by atoms with Crippen LogP contribution in [0.1, 0.15) is 40.2 Å². The number of fused-ring (bicyclic) bond motifs is 3. The van der Waals surface area contributed by atoms with Crippen molar-refractivity contribution in [2.75, 3.05) is 18.9 Å². The molecule has 1 amide bonds. The third-order valence-corrected chi connectivity index (χ3v) is 6.09. The topological polar surface area (TPSA) is 64.3 Å². The molecule has 0 saturated heterocycles. The summed E-state index contributed by atoms with van der Waals surface area (Å²) in [6.07, 6.45) is 4.48. The molecule has 0 unspecified atom stereocenters. The molecule has 1 aliphatic rings. The molecule has 0 saturated carbocycles. The van der Waals surface area contributed by atoms with Crippen molar-refractivity contribution in [3.63, 3.8) is 0 Å². The number of nitrogen functional groups attached to an aromatic ring is 1. The van der Waals surface area contributed by atoms with E-state index in [1.165, 1.54) is 27.8 Å². The molecule has 0 bridgehead atoms. The lowest BCUT2D eigenvalue weighted by Gasteiger charge is -2.14. The van der Waals surface area contributed by atoms with Gasteiger partial charge in [0.05, 0.1) is 0 Å². The highest BCUT2D eigenvalue weighted by atomic mass is 16.5. The van der Waals surface area contributed by atoms with Crippen LogP contribution >= 0.6 is 0 Å². The number of carbonyl (C=O) groups is 1. The number of alkyl carbamates (subject to hydrolysis) is 1. The number of hydrogen-bond donors (Lipinski definition) is 2. The van der Waals surface area contributed by atoms with Gasteiger partial charge in [0.25, 0.3) is 0 Å². The van der Waals surface area contributed by atoms with Crippen LogP contribution in [0.2, 0.25) is 0 Å². The van der Waals surface area contributed by atoms with Crippen molar-refractivity contribution in [3.05, 3.63) is 94.6 Å². The van der Waals surface area contributed by atoms with E-state index in [4.69, 9.17) is 10.5 Å². The molecule has 0 aliphatic heterocycles. The number of anilines is 1. The van der Waals surface area contributed by atoms with Gasteiger partial charge in [-0.15, -0.1) is 0 Å². The Morgan fingerprint density at radius 1 is 0.968 bits per heavy atom. The second-order valence-electron chi connectivity index (χ2n) is 7.94. The van der Waals surface area contributed by atoms with Crippen LogP contribution in [-0.4, -0.2) is 19.2 Å². The largest absolute Gasteiger partial charge is 0.449 e. The maximum atomic E-state index is 12.2. The molecular formula is C27H28N2O2. The molecule has 3 N–H and O–H groups in total. The Labute approximate surface area is 183 Å². The molecule has 1 aliphatic carbocycles. The van der Waals surface area contributed by atoms with Crippen molar-refractivity contribution in [2.24, 2.45) is 0 Å². The normalized spacial score (nSPS) is 12.6. The van der Waals surface area contributed by atoms with Gasteiger partial charge >= 0.3 is 6.09 Å². The summed E-state index contributed by atoms with van der Waals surface area (Å²) in [5, 5.41) is 2.84. The maximum Gasteiger partial charge on any atom is 0.407 e. The van der Waals surface area contributed by atoms with Crippen molar-refractivity contribution in [3.8, 4) is 11.1 Å². The van der Waals surface area contributed by atoms with Crippen LogP contribution < -0.4 is 11.1 Å². The van der Waals surface area contributed by atoms with E-state index in [9.17, 15) is 4.79 Å².